The van der Waals surface area contributed by atoms with Crippen molar-refractivity contribution in [2.45, 2.75) is 26.2 Å². The van der Waals surface area contributed by atoms with Gasteiger partial charge < -0.3 is 0 Å². The molecule has 0 heteroatoms. The Bertz CT molecular complexity index is 131. The molecule has 0 aromatic carbocycles. The zero-order chi connectivity index (χ0) is 6.69. The van der Waals surface area contributed by atoms with Gasteiger partial charge in [0.05, 0.1) is 0 Å². The Hall–Kier alpha value is -0.520. The summed E-state index contributed by atoms with van der Waals surface area (Å²) in [6.45, 7) is 6.22. The molecule has 50 valence electrons. The van der Waals surface area contributed by atoms with Crippen molar-refractivity contribution < 1.29 is 0 Å². The van der Waals surface area contributed by atoms with Gasteiger partial charge in [0.2, 0.25) is 0 Å². The average Bonchev–Trinajstić information content (AvgIpc) is 1.97. The summed E-state index contributed by atoms with van der Waals surface area (Å²) < 4.78 is 0. The topological polar surface area (TPSA) is 0 Å². The summed E-state index contributed by atoms with van der Waals surface area (Å²) in [5, 5.41) is 0. The highest BCUT2D eigenvalue weighted by Crippen LogP contribution is 2.18. The molecular weight excluding hydrogens is 108 g/mol. The van der Waals surface area contributed by atoms with Crippen LogP contribution < -0.4 is 0 Å². The molecule has 1 rings (SSSR count). The normalized spacial score (nSPS) is 28.1. The molecule has 0 fully saturated rings. The van der Waals surface area contributed by atoms with Gasteiger partial charge in [-0.25, -0.2) is 0 Å². The molecule has 0 N–H and O–H groups in total. The molecular formula is C9H14. The highest BCUT2D eigenvalue weighted by atomic mass is 14.1. The Balaban J connectivity index is 2.48. The van der Waals surface area contributed by atoms with E-state index in [2.05, 4.69) is 25.7 Å². The fourth-order valence-electron chi connectivity index (χ4n) is 1.10. The summed E-state index contributed by atoms with van der Waals surface area (Å²) in [4.78, 5) is 0. The molecule has 0 saturated heterocycles. The van der Waals surface area contributed by atoms with Crippen molar-refractivity contribution in [3.05, 3.63) is 24.3 Å². The highest BCUT2D eigenvalue weighted by molar-refractivity contribution is 5.06. The number of hydrogen-bond acceptors (Lipinski definition) is 0. The van der Waals surface area contributed by atoms with Crippen LogP contribution in [0.25, 0.3) is 0 Å². The Morgan fingerprint density at radius 2 is 2.44 bits per heavy atom. The van der Waals surface area contributed by atoms with Gasteiger partial charge in [0.15, 0.2) is 0 Å². The number of hydrogen-bond donors (Lipinski definition) is 0. The largest absolute Gasteiger partial charge is 0.0995 e. The minimum atomic E-state index is 0.768. The molecule has 0 bridgehead atoms. The highest BCUT2D eigenvalue weighted by Gasteiger charge is 2.02. The van der Waals surface area contributed by atoms with Crippen LogP contribution in [-0.4, -0.2) is 0 Å². The van der Waals surface area contributed by atoms with Crippen LogP contribution in [0, 0.1) is 5.92 Å². The van der Waals surface area contributed by atoms with E-state index in [1.165, 1.54) is 18.4 Å². The monoisotopic (exact) mass is 122 g/mol. The molecule has 0 saturated carbocycles. The minimum Gasteiger partial charge on any atom is -0.0995 e. The molecule has 0 aromatic rings. The summed E-state index contributed by atoms with van der Waals surface area (Å²) in [6, 6.07) is 0. The Morgan fingerprint density at radius 3 is 3.22 bits per heavy atom. The summed E-state index contributed by atoms with van der Waals surface area (Å²) in [5.74, 6) is 0.768. The van der Waals surface area contributed by atoms with Crippen molar-refractivity contribution in [3.8, 4) is 0 Å². The maximum atomic E-state index is 3.96. The zero-order valence-electron chi connectivity index (χ0n) is 6.06. The lowest BCUT2D eigenvalue weighted by Gasteiger charge is -2.00. The third-order valence-corrected chi connectivity index (χ3v) is 1.82. The third-order valence-electron chi connectivity index (χ3n) is 1.82. The van der Waals surface area contributed by atoms with Crippen LogP contribution in [0.15, 0.2) is 24.3 Å². The molecule has 1 atom stereocenters. The standard InChI is InChI=1S/C9H14/c1-8-4-3-5-9(2)7-6-8/h3,5,9H,1,4,6-7H2,2H3. The van der Waals surface area contributed by atoms with E-state index in [9.17, 15) is 0 Å². The number of rotatable bonds is 0. The molecule has 1 unspecified atom stereocenters. The average molecular weight is 122 g/mol. The first-order valence-electron chi connectivity index (χ1n) is 3.62. The molecule has 9 heavy (non-hydrogen) atoms. The fourth-order valence-corrected chi connectivity index (χ4v) is 1.10. The van der Waals surface area contributed by atoms with Gasteiger partial charge in [0, 0.05) is 0 Å². The van der Waals surface area contributed by atoms with Crippen molar-refractivity contribution in [1.82, 2.24) is 0 Å². The van der Waals surface area contributed by atoms with E-state index >= 15 is 0 Å². The molecule has 1 aliphatic rings. The molecule has 0 heterocycles. The van der Waals surface area contributed by atoms with Crippen LogP contribution in [-0.2, 0) is 0 Å². The minimum absolute atomic E-state index is 0.768. The van der Waals surface area contributed by atoms with Gasteiger partial charge >= 0.3 is 0 Å². The first-order chi connectivity index (χ1) is 4.29. The third kappa shape index (κ3) is 2.05. The van der Waals surface area contributed by atoms with Gasteiger partial charge in [-0.3, -0.25) is 0 Å². The summed E-state index contributed by atoms with van der Waals surface area (Å²) >= 11 is 0. The molecule has 0 aromatic heterocycles. The Kier molecular flexibility index (Phi) is 2.10. The van der Waals surface area contributed by atoms with Crippen LogP contribution in [0.2, 0.25) is 0 Å². The van der Waals surface area contributed by atoms with E-state index in [-0.39, 0.29) is 0 Å². The van der Waals surface area contributed by atoms with Crippen LogP contribution in [0.4, 0.5) is 0 Å². The summed E-state index contributed by atoms with van der Waals surface area (Å²) in [7, 11) is 0. The fraction of sp³-hybridized carbons (Fsp3) is 0.556. The van der Waals surface area contributed by atoms with Crippen LogP contribution >= 0.6 is 0 Å². The van der Waals surface area contributed by atoms with Gasteiger partial charge in [0.25, 0.3) is 0 Å². The lowest BCUT2D eigenvalue weighted by Crippen LogP contribution is -1.86. The van der Waals surface area contributed by atoms with E-state index in [1.807, 2.05) is 0 Å². The predicted octanol–water partition coefficient (Wildman–Crippen LogP) is 2.92. The maximum Gasteiger partial charge on any atom is -0.0141 e. The molecule has 0 spiro atoms. The van der Waals surface area contributed by atoms with Gasteiger partial charge in [0.1, 0.15) is 0 Å². The number of allylic oxidation sites excluding steroid dienone is 3. The SMILES string of the molecule is C=C1CC=CC(C)CC1. The van der Waals surface area contributed by atoms with Crippen LogP contribution in [0.1, 0.15) is 26.2 Å². The summed E-state index contributed by atoms with van der Waals surface area (Å²) in [6.07, 6.45) is 8.13. The van der Waals surface area contributed by atoms with Gasteiger partial charge in [-0.15, -0.1) is 0 Å². The lowest BCUT2D eigenvalue weighted by atomic mass is 10.1. The zero-order valence-corrected chi connectivity index (χ0v) is 6.06. The van der Waals surface area contributed by atoms with E-state index in [1.54, 1.807) is 0 Å². The van der Waals surface area contributed by atoms with Crippen LogP contribution in [0.3, 0.4) is 0 Å². The summed E-state index contributed by atoms with van der Waals surface area (Å²) in [5.41, 5.74) is 1.38. The van der Waals surface area contributed by atoms with Crippen molar-refractivity contribution in [2.75, 3.05) is 0 Å². The van der Waals surface area contributed by atoms with Gasteiger partial charge in [-0.1, -0.05) is 31.2 Å². The lowest BCUT2D eigenvalue weighted by molar-refractivity contribution is 0.654. The molecule has 0 amide bonds. The van der Waals surface area contributed by atoms with Crippen LogP contribution in [0.5, 0.6) is 0 Å². The Morgan fingerprint density at radius 1 is 1.67 bits per heavy atom. The quantitative estimate of drug-likeness (QED) is 0.433. The molecule has 0 nitrogen and oxygen atoms in total. The van der Waals surface area contributed by atoms with Gasteiger partial charge in [-0.05, 0) is 25.2 Å². The van der Waals surface area contributed by atoms with E-state index in [0.717, 1.165) is 12.3 Å². The molecule has 1 aliphatic carbocycles. The van der Waals surface area contributed by atoms with E-state index in [4.69, 9.17) is 0 Å². The predicted molar refractivity (Wildman–Crippen MR) is 41.3 cm³/mol. The second-order valence-electron chi connectivity index (χ2n) is 2.90. The molecule has 0 aliphatic heterocycles. The van der Waals surface area contributed by atoms with Gasteiger partial charge in [-0.2, -0.15) is 0 Å². The smallest absolute Gasteiger partial charge is 0.0141 e. The van der Waals surface area contributed by atoms with E-state index < -0.39 is 0 Å². The van der Waals surface area contributed by atoms with E-state index in [0.29, 0.717) is 0 Å². The van der Waals surface area contributed by atoms with Crippen molar-refractivity contribution in [3.63, 3.8) is 0 Å². The van der Waals surface area contributed by atoms with Crippen molar-refractivity contribution >= 4 is 0 Å². The second kappa shape index (κ2) is 2.86. The Labute approximate surface area is 57.3 Å². The van der Waals surface area contributed by atoms with Crippen molar-refractivity contribution in [2.24, 2.45) is 5.92 Å². The maximum absolute atomic E-state index is 3.96. The first-order valence-corrected chi connectivity index (χ1v) is 3.62. The second-order valence-corrected chi connectivity index (χ2v) is 2.90. The van der Waals surface area contributed by atoms with Crippen molar-refractivity contribution in [1.29, 1.82) is 0 Å². The first kappa shape index (κ1) is 6.60. The molecule has 0 radical (unpaired) electrons.